The van der Waals surface area contributed by atoms with Crippen LogP contribution in [-0.2, 0) is 0 Å². The second-order valence-corrected chi connectivity index (χ2v) is 4.39. The average Bonchev–Trinajstić information content (AvgIpc) is 2.47. The van der Waals surface area contributed by atoms with Gasteiger partial charge in [-0.3, -0.25) is 0 Å². The molecule has 3 aliphatic carbocycles. The molecule has 0 saturated heterocycles. The molecule has 0 nitrogen and oxygen atoms in total. The van der Waals surface area contributed by atoms with Gasteiger partial charge in [-0.25, -0.2) is 0 Å². The summed E-state index contributed by atoms with van der Waals surface area (Å²) in [5, 5.41) is 0.494. The molecule has 4 bridgehead atoms. The van der Waals surface area contributed by atoms with Gasteiger partial charge in [0.05, 0.1) is 0 Å². The van der Waals surface area contributed by atoms with Crippen molar-refractivity contribution in [3.63, 3.8) is 0 Å². The molecule has 3 aliphatic rings. The van der Waals surface area contributed by atoms with Gasteiger partial charge >= 0.3 is 0 Å². The molecule has 2 fully saturated rings. The van der Waals surface area contributed by atoms with Gasteiger partial charge in [0.15, 0.2) is 0 Å². The highest BCUT2D eigenvalue weighted by Crippen LogP contribution is 2.59. The van der Waals surface area contributed by atoms with Crippen LogP contribution in [0.4, 0.5) is 0 Å². The minimum absolute atomic E-state index is 0.494. The van der Waals surface area contributed by atoms with Crippen LogP contribution in [0.25, 0.3) is 0 Å². The van der Waals surface area contributed by atoms with E-state index in [4.69, 9.17) is 11.6 Å². The van der Waals surface area contributed by atoms with Gasteiger partial charge in [0, 0.05) is 5.38 Å². The standard InChI is InChI=1S/C9H11Cl/c10-9-7-3-1-5-6(7)2-4-8(5)9/h1,3,5-9H,2,4H2. The van der Waals surface area contributed by atoms with Gasteiger partial charge in [-0.1, -0.05) is 12.2 Å². The van der Waals surface area contributed by atoms with Crippen LogP contribution in [0.3, 0.4) is 0 Å². The van der Waals surface area contributed by atoms with Crippen LogP contribution in [0.2, 0.25) is 0 Å². The Bertz CT molecular complexity index is 189. The van der Waals surface area contributed by atoms with E-state index >= 15 is 0 Å². The number of allylic oxidation sites excluding steroid dienone is 2. The normalized spacial score (nSPS) is 62.3. The van der Waals surface area contributed by atoms with Crippen LogP contribution in [0.15, 0.2) is 12.2 Å². The third kappa shape index (κ3) is 0.440. The summed E-state index contributed by atoms with van der Waals surface area (Å²) in [6.45, 7) is 0. The zero-order valence-electron chi connectivity index (χ0n) is 5.83. The molecule has 0 aromatic carbocycles. The Kier molecular flexibility index (Phi) is 0.909. The van der Waals surface area contributed by atoms with Gasteiger partial charge in [-0.15, -0.1) is 11.6 Å². The van der Waals surface area contributed by atoms with Crippen molar-refractivity contribution in [1.29, 1.82) is 0 Å². The lowest BCUT2D eigenvalue weighted by atomic mass is 9.89. The number of rotatable bonds is 0. The summed E-state index contributed by atoms with van der Waals surface area (Å²) in [5.74, 6) is 3.44. The van der Waals surface area contributed by atoms with E-state index < -0.39 is 0 Å². The molecule has 2 saturated carbocycles. The second kappa shape index (κ2) is 1.61. The first-order valence-electron chi connectivity index (χ1n) is 4.20. The quantitative estimate of drug-likeness (QED) is 0.372. The largest absolute Gasteiger partial charge is 0.122 e. The summed E-state index contributed by atoms with van der Waals surface area (Å²) < 4.78 is 0. The van der Waals surface area contributed by atoms with Gasteiger partial charge in [0.2, 0.25) is 0 Å². The summed E-state index contributed by atoms with van der Waals surface area (Å²) >= 11 is 6.25. The molecule has 10 heavy (non-hydrogen) atoms. The molecule has 0 N–H and O–H groups in total. The zero-order chi connectivity index (χ0) is 6.72. The van der Waals surface area contributed by atoms with Crippen molar-refractivity contribution >= 4 is 11.6 Å². The number of halogens is 1. The fraction of sp³-hybridized carbons (Fsp3) is 0.778. The molecule has 1 heteroatoms. The van der Waals surface area contributed by atoms with Crippen LogP contribution in [0, 0.1) is 23.7 Å². The fourth-order valence-electron chi connectivity index (χ4n) is 3.22. The minimum atomic E-state index is 0.494. The van der Waals surface area contributed by atoms with Crippen molar-refractivity contribution in [1.82, 2.24) is 0 Å². The monoisotopic (exact) mass is 154 g/mol. The maximum atomic E-state index is 6.25. The Morgan fingerprint density at radius 2 is 1.70 bits per heavy atom. The third-order valence-electron chi connectivity index (χ3n) is 3.65. The molecule has 0 heterocycles. The van der Waals surface area contributed by atoms with Gasteiger partial charge in [0.1, 0.15) is 0 Å². The SMILES string of the molecule is ClC1C2C=CC3C1CCC23. The van der Waals surface area contributed by atoms with Crippen molar-refractivity contribution < 1.29 is 0 Å². The number of hydrogen-bond donors (Lipinski definition) is 0. The van der Waals surface area contributed by atoms with E-state index in [0.29, 0.717) is 5.38 Å². The fourth-order valence-corrected chi connectivity index (χ4v) is 3.79. The summed E-state index contributed by atoms with van der Waals surface area (Å²) in [5.41, 5.74) is 0. The van der Waals surface area contributed by atoms with Crippen molar-refractivity contribution in [2.24, 2.45) is 23.7 Å². The predicted octanol–water partition coefficient (Wildman–Crippen LogP) is 2.44. The Labute approximate surface area is 66.3 Å². The first kappa shape index (κ1) is 5.65. The van der Waals surface area contributed by atoms with Gasteiger partial charge < -0.3 is 0 Å². The van der Waals surface area contributed by atoms with Crippen LogP contribution in [0.1, 0.15) is 12.8 Å². The Balaban J connectivity index is 2.08. The van der Waals surface area contributed by atoms with Gasteiger partial charge in [-0.2, -0.15) is 0 Å². The number of hydrogen-bond acceptors (Lipinski definition) is 0. The molecule has 0 radical (unpaired) electrons. The Morgan fingerprint density at radius 3 is 2.20 bits per heavy atom. The predicted molar refractivity (Wildman–Crippen MR) is 42.0 cm³/mol. The first-order valence-corrected chi connectivity index (χ1v) is 4.64. The lowest BCUT2D eigenvalue weighted by molar-refractivity contribution is 0.405. The van der Waals surface area contributed by atoms with Crippen molar-refractivity contribution in [3.05, 3.63) is 12.2 Å². The third-order valence-corrected chi connectivity index (χ3v) is 4.26. The smallest absolute Gasteiger partial charge is 0.0435 e. The lowest BCUT2D eigenvalue weighted by Gasteiger charge is -2.23. The number of alkyl halides is 1. The highest BCUT2D eigenvalue weighted by molar-refractivity contribution is 6.21. The molecular weight excluding hydrogens is 144 g/mol. The topological polar surface area (TPSA) is 0 Å². The van der Waals surface area contributed by atoms with Gasteiger partial charge in [0.25, 0.3) is 0 Å². The van der Waals surface area contributed by atoms with E-state index in [1.165, 1.54) is 12.8 Å². The van der Waals surface area contributed by atoms with E-state index in [1.807, 2.05) is 0 Å². The lowest BCUT2D eigenvalue weighted by Crippen LogP contribution is -2.21. The average molecular weight is 155 g/mol. The van der Waals surface area contributed by atoms with Crippen LogP contribution < -0.4 is 0 Å². The molecule has 5 unspecified atom stereocenters. The molecule has 0 aromatic heterocycles. The van der Waals surface area contributed by atoms with Crippen LogP contribution in [-0.4, -0.2) is 5.38 Å². The second-order valence-electron chi connectivity index (χ2n) is 3.89. The van der Waals surface area contributed by atoms with Crippen LogP contribution in [0.5, 0.6) is 0 Å². The van der Waals surface area contributed by atoms with Crippen molar-refractivity contribution in [3.8, 4) is 0 Å². The van der Waals surface area contributed by atoms with Crippen molar-refractivity contribution in [2.75, 3.05) is 0 Å². The Morgan fingerprint density at radius 1 is 1.00 bits per heavy atom. The highest BCUT2D eigenvalue weighted by Gasteiger charge is 2.54. The summed E-state index contributed by atoms with van der Waals surface area (Å²) in [6, 6.07) is 0. The molecule has 0 aliphatic heterocycles. The van der Waals surface area contributed by atoms with Gasteiger partial charge in [-0.05, 0) is 36.5 Å². The maximum Gasteiger partial charge on any atom is 0.0435 e. The first-order chi connectivity index (χ1) is 4.88. The maximum absolute atomic E-state index is 6.25. The highest BCUT2D eigenvalue weighted by atomic mass is 35.5. The van der Waals surface area contributed by atoms with Crippen molar-refractivity contribution in [2.45, 2.75) is 18.2 Å². The molecule has 54 valence electrons. The molecular formula is C9H11Cl. The summed E-state index contributed by atoms with van der Waals surface area (Å²) in [6.07, 6.45) is 7.59. The van der Waals surface area contributed by atoms with E-state index in [9.17, 15) is 0 Å². The Hall–Kier alpha value is 0.0300. The summed E-state index contributed by atoms with van der Waals surface area (Å²) in [7, 11) is 0. The van der Waals surface area contributed by atoms with E-state index in [2.05, 4.69) is 12.2 Å². The minimum Gasteiger partial charge on any atom is -0.122 e. The molecule has 0 aromatic rings. The van der Waals surface area contributed by atoms with Crippen LogP contribution >= 0.6 is 11.6 Å². The summed E-state index contributed by atoms with van der Waals surface area (Å²) in [4.78, 5) is 0. The van der Waals surface area contributed by atoms with E-state index in [0.717, 1.165) is 23.7 Å². The van der Waals surface area contributed by atoms with E-state index in [1.54, 1.807) is 0 Å². The molecule has 0 amide bonds. The molecule has 5 atom stereocenters. The molecule has 3 rings (SSSR count). The van der Waals surface area contributed by atoms with E-state index in [-0.39, 0.29) is 0 Å². The zero-order valence-corrected chi connectivity index (χ0v) is 6.59. The molecule has 0 spiro atoms.